The highest BCUT2D eigenvalue weighted by atomic mass is 16.6. The average molecular weight is 395 g/mol. The molecule has 2 N–H and O–H groups in total. The molecular formula is C24H30N2O3. The zero-order chi connectivity index (χ0) is 19.9. The Morgan fingerprint density at radius 1 is 0.966 bits per heavy atom. The Bertz CT molecular complexity index is 790. The second-order valence-corrected chi connectivity index (χ2v) is 7.98. The molecule has 0 spiro atoms. The van der Waals surface area contributed by atoms with E-state index in [2.05, 4.69) is 22.8 Å². The normalized spacial score (nSPS) is 20.1. The highest BCUT2D eigenvalue weighted by molar-refractivity contribution is 5.78. The Hall–Kier alpha value is -2.53. The van der Waals surface area contributed by atoms with Gasteiger partial charge in [0.25, 0.3) is 0 Å². The smallest absolute Gasteiger partial charge is 0.234 e. The van der Waals surface area contributed by atoms with Gasteiger partial charge in [-0.25, -0.2) is 0 Å². The number of amides is 1. The van der Waals surface area contributed by atoms with Crippen LogP contribution in [0.5, 0.6) is 11.5 Å². The molecule has 2 unspecified atom stereocenters. The molecule has 0 saturated heterocycles. The number of nitrogens with one attached hydrogen (secondary N) is 2. The number of fused-ring (bicyclic) bond motifs is 1. The number of ether oxygens (including phenoxy) is 2. The summed E-state index contributed by atoms with van der Waals surface area (Å²) in [7, 11) is 0. The van der Waals surface area contributed by atoms with E-state index >= 15 is 0 Å². The van der Waals surface area contributed by atoms with E-state index in [1.165, 1.54) is 37.7 Å². The molecule has 0 bridgehead atoms. The van der Waals surface area contributed by atoms with Gasteiger partial charge in [0.05, 0.1) is 12.6 Å². The largest absolute Gasteiger partial charge is 0.486 e. The monoisotopic (exact) mass is 394 g/mol. The summed E-state index contributed by atoms with van der Waals surface area (Å²) in [4.78, 5) is 12.7. The van der Waals surface area contributed by atoms with Crippen LogP contribution in [0.3, 0.4) is 0 Å². The number of benzene rings is 2. The van der Waals surface area contributed by atoms with Crippen molar-refractivity contribution in [2.24, 2.45) is 5.92 Å². The van der Waals surface area contributed by atoms with Gasteiger partial charge in [0.1, 0.15) is 12.7 Å². The van der Waals surface area contributed by atoms with E-state index in [0.29, 0.717) is 19.1 Å². The third-order valence-electron chi connectivity index (χ3n) is 5.82. The predicted molar refractivity (Wildman–Crippen MR) is 113 cm³/mol. The third-order valence-corrected chi connectivity index (χ3v) is 5.82. The van der Waals surface area contributed by atoms with Crippen molar-refractivity contribution in [2.75, 3.05) is 19.7 Å². The van der Waals surface area contributed by atoms with Crippen LogP contribution < -0.4 is 20.1 Å². The lowest BCUT2D eigenvalue weighted by molar-refractivity contribution is -0.121. The second-order valence-electron chi connectivity index (χ2n) is 7.98. The molecule has 4 rings (SSSR count). The van der Waals surface area contributed by atoms with Crippen molar-refractivity contribution < 1.29 is 14.3 Å². The van der Waals surface area contributed by atoms with Crippen molar-refractivity contribution in [3.63, 3.8) is 0 Å². The fourth-order valence-corrected chi connectivity index (χ4v) is 4.34. The highest BCUT2D eigenvalue weighted by Gasteiger charge is 2.26. The van der Waals surface area contributed by atoms with Crippen LogP contribution in [0.25, 0.3) is 0 Å². The molecule has 2 atom stereocenters. The minimum absolute atomic E-state index is 0.0292. The van der Waals surface area contributed by atoms with Crippen LogP contribution in [0, 0.1) is 5.92 Å². The Kier molecular flexibility index (Phi) is 6.67. The number of hydrogen-bond acceptors (Lipinski definition) is 4. The Morgan fingerprint density at radius 3 is 2.48 bits per heavy atom. The fraction of sp³-hybridized carbons (Fsp3) is 0.458. The molecule has 2 aromatic carbocycles. The van der Waals surface area contributed by atoms with Crippen LogP contribution in [0.4, 0.5) is 0 Å². The third kappa shape index (κ3) is 5.30. The van der Waals surface area contributed by atoms with Crippen LogP contribution in [-0.2, 0) is 4.79 Å². The topological polar surface area (TPSA) is 59.6 Å². The second kappa shape index (κ2) is 9.79. The van der Waals surface area contributed by atoms with Crippen molar-refractivity contribution >= 4 is 5.91 Å². The SMILES string of the molecule is O=C(CNCC1COc2ccccc2O1)NC(c1ccccc1)C1CCCCC1. The van der Waals surface area contributed by atoms with E-state index in [-0.39, 0.29) is 24.6 Å². The molecule has 1 amide bonds. The van der Waals surface area contributed by atoms with E-state index in [1.807, 2.05) is 42.5 Å². The molecule has 1 saturated carbocycles. The minimum Gasteiger partial charge on any atom is -0.486 e. The van der Waals surface area contributed by atoms with Gasteiger partial charge in [0, 0.05) is 6.54 Å². The summed E-state index contributed by atoms with van der Waals surface area (Å²) in [6.07, 6.45) is 6.08. The zero-order valence-corrected chi connectivity index (χ0v) is 16.8. The van der Waals surface area contributed by atoms with Gasteiger partial charge in [0.2, 0.25) is 5.91 Å². The van der Waals surface area contributed by atoms with Gasteiger partial charge in [-0.1, -0.05) is 61.7 Å². The van der Waals surface area contributed by atoms with Crippen LogP contribution >= 0.6 is 0 Å². The van der Waals surface area contributed by atoms with Crippen LogP contribution in [0.1, 0.15) is 43.7 Å². The molecule has 0 radical (unpaired) electrons. The summed E-state index contributed by atoms with van der Waals surface area (Å²) in [6.45, 7) is 1.33. The van der Waals surface area contributed by atoms with Gasteiger partial charge in [-0.05, 0) is 36.5 Å². The van der Waals surface area contributed by atoms with Crippen molar-refractivity contribution in [3.05, 3.63) is 60.2 Å². The lowest BCUT2D eigenvalue weighted by atomic mass is 9.81. The molecule has 2 aliphatic rings. The van der Waals surface area contributed by atoms with Gasteiger partial charge in [-0.3, -0.25) is 4.79 Å². The lowest BCUT2D eigenvalue weighted by Crippen LogP contribution is -2.44. The van der Waals surface area contributed by atoms with Gasteiger partial charge in [-0.15, -0.1) is 0 Å². The summed E-state index contributed by atoms with van der Waals surface area (Å²) in [6, 6.07) is 18.1. The summed E-state index contributed by atoms with van der Waals surface area (Å²) in [5.41, 5.74) is 1.20. The first-order valence-corrected chi connectivity index (χ1v) is 10.7. The molecule has 29 heavy (non-hydrogen) atoms. The van der Waals surface area contributed by atoms with E-state index in [9.17, 15) is 4.79 Å². The molecule has 2 aromatic rings. The molecule has 1 heterocycles. The minimum atomic E-state index is -0.0963. The first kappa shape index (κ1) is 19.8. The first-order chi connectivity index (χ1) is 14.3. The number of rotatable bonds is 7. The maximum absolute atomic E-state index is 12.7. The van der Waals surface area contributed by atoms with Gasteiger partial charge in [0.15, 0.2) is 11.5 Å². The summed E-state index contributed by atoms with van der Waals surface area (Å²) in [5.74, 6) is 2.08. The predicted octanol–water partition coefficient (Wildman–Crippen LogP) is 3.85. The zero-order valence-electron chi connectivity index (χ0n) is 16.8. The Balaban J connectivity index is 1.28. The molecule has 0 aromatic heterocycles. The quantitative estimate of drug-likeness (QED) is 0.749. The standard InChI is InChI=1S/C24H30N2O3/c27-23(16-25-15-20-17-28-21-13-7-8-14-22(21)29-20)26-24(18-9-3-1-4-10-18)19-11-5-2-6-12-19/h1,3-4,7-10,13-14,19-20,24-25H,2,5-6,11-12,15-17H2,(H,26,27). The average Bonchev–Trinajstić information content (AvgIpc) is 2.78. The molecule has 1 aliphatic heterocycles. The van der Waals surface area contributed by atoms with E-state index in [0.717, 1.165) is 11.5 Å². The maximum atomic E-state index is 12.7. The van der Waals surface area contributed by atoms with Crippen LogP contribution in [0.15, 0.2) is 54.6 Å². The van der Waals surface area contributed by atoms with E-state index < -0.39 is 0 Å². The molecular weight excluding hydrogens is 364 g/mol. The summed E-state index contributed by atoms with van der Waals surface area (Å²) >= 11 is 0. The highest BCUT2D eigenvalue weighted by Crippen LogP contribution is 2.34. The van der Waals surface area contributed by atoms with Crippen molar-refractivity contribution in [3.8, 4) is 11.5 Å². The van der Waals surface area contributed by atoms with Crippen molar-refractivity contribution in [1.82, 2.24) is 10.6 Å². The maximum Gasteiger partial charge on any atom is 0.234 e. The molecule has 1 aliphatic carbocycles. The van der Waals surface area contributed by atoms with Gasteiger partial charge in [-0.2, -0.15) is 0 Å². The molecule has 1 fully saturated rings. The summed E-state index contributed by atoms with van der Waals surface area (Å²) in [5, 5.41) is 6.51. The number of para-hydroxylation sites is 2. The molecule has 5 nitrogen and oxygen atoms in total. The summed E-state index contributed by atoms with van der Waals surface area (Å²) < 4.78 is 11.7. The Morgan fingerprint density at radius 2 is 1.69 bits per heavy atom. The Labute approximate surface area is 172 Å². The molecule has 5 heteroatoms. The number of carbonyl (C=O) groups excluding carboxylic acids is 1. The van der Waals surface area contributed by atoms with Gasteiger partial charge >= 0.3 is 0 Å². The first-order valence-electron chi connectivity index (χ1n) is 10.7. The van der Waals surface area contributed by atoms with Crippen molar-refractivity contribution in [2.45, 2.75) is 44.2 Å². The van der Waals surface area contributed by atoms with E-state index in [4.69, 9.17) is 9.47 Å². The van der Waals surface area contributed by atoms with Crippen molar-refractivity contribution in [1.29, 1.82) is 0 Å². The lowest BCUT2D eigenvalue weighted by Gasteiger charge is -2.31. The number of carbonyl (C=O) groups is 1. The van der Waals surface area contributed by atoms with Crippen LogP contribution in [0.2, 0.25) is 0 Å². The van der Waals surface area contributed by atoms with Crippen LogP contribution in [-0.4, -0.2) is 31.7 Å². The van der Waals surface area contributed by atoms with Gasteiger partial charge < -0.3 is 20.1 Å². The van der Waals surface area contributed by atoms with E-state index in [1.54, 1.807) is 0 Å². The molecule has 154 valence electrons. The number of hydrogen-bond donors (Lipinski definition) is 2. The fourth-order valence-electron chi connectivity index (χ4n) is 4.34.